The van der Waals surface area contributed by atoms with Crippen LogP contribution in [0.4, 0.5) is 15.0 Å². The van der Waals surface area contributed by atoms with Gasteiger partial charge in [0, 0.05) is 37.4 Å². The summed E-state index contributed by atoms with van der Waals surface area (Å²) in [5.41, 5.74) is 1.05. The molecule has 0 saturated heterocycles. The van der Waals surface area contributed by atoms with Crippen molar-refractivity contribution in [3.05, 3.63) is 95.4 Å². The van der Waals surface area contributed by atoms with E-state index in [2.05, 4.69) is 25.6 Å². The normalized spacial score (nSPS) is 11.5. The molecule has 0 aliphatic rings. The third-order valence-electron chi connectivity index (χ3n) is 6.35. The molecule has 4 rings (SSSR count). The van der Waals surface area contributed by atoms with E-state index in [1.54, 1.807) is 18.3 Å². The van der Waals surface area contributed by atoms with Gasteiger partial charge in [-0.1, -0.05) is 48.0 Å². The molecule has 2 aromatic heterocycles. The highest BCUT2D eigenvalue weighted by molar-refractivity contribution is 6.31. The van der Waals surface area contributed by atoms with E-state index in [1.807, 2.05) is 24.3 Å². The fourth-order valence-corrected chi connectivity index (χ4v) is 4.25. The number of aryl methyl sites for hydroxylation is 1. The zero-order valence-electron chi connectivity index (χ0n) is 22.2. The van der Waals surface area contributed by atoms with Crippen LogP contribution in [-0.2, 0) is 27.3 Å². The minimum atomic E-state index is -0.789. The van der Waals surface area contributed by atoms with Crippen molar-refractivity contribution in [1.29, 1.82) is 0 Å². The molecule has 0 bridgehead atoms. The molecule has 10 nitrogen and oxygen atoms in total. The Labute approximate surface area is 240 Å². The molecule has 0 aliphatic carbocycles. The van der Waals surface area contributed by atoms with Crippen LogP contribution >= 0.6 is 11.6 Å². The van der Waals surface area contributed by atoms with Crippen LogP contribution in [0.1, 0.15) is 24.1 Å². The number of anilines is 1. The van der Waals surface area contributed by atoms with Gasteiger partial charge in [-0.3, -0.25) is 24.9 Å². The number of aromatic nitrogens is 3. The maximum Gasteiger partial charge on any atom is 0.412 e. The van der Waals surface area contributed by atoms with E-state index >= 15 is 0 Å². The van der Waals surface area contributed by atoms with Gasteiger partial charge >= 0.3 is 6.09 Å². The van der Waals surface area contributed by atoms with Crippen LogP contribution in [0.25, 0.3) is 10.8 Å². The number of benzene rings is 2. The number of likely N-dealkylation sites (N-methyl/N-ethyl adjacent to an activating group) is 1. The van der Waals surface area contributed by atoms with Crippen LogP contribution < -0.4 is 10.6 Å². The second kappa shape index (κ2) is 14.1. The molecule has 2 N–H and O–H groups in total. The van der Waals surface area contributed by atoms with Crippen molar-refractivity contribution in [2.75, 3.05) is 19.0 Å². The summed E-state index contributed by atoms with van der Waals surface area (Å²) >= 11 is 6.02. The van der Waals surface area contributed by atoms with E-state index in [9.17, 15) is 18.8 Å². The molecule has 2 aromatic carbocycles. The lowest BCUT2D eigenvalue weighted by Crippen LogP contribution is -2.44. The molecular weight excluding hydrogens is 551 g/mol. The number of halogens is 2. The van der Waals surface area contributed by atoms with Gasteiger partial charge < -0.3 is 15.0 Å². The first-order chi connectivity index (χ1) is 19.8. The minimum absolute atomic E-state index is 0.00457. The number of carbonyl (C=O) groups excluding carboxylic acids is 3. The zero-order valence-corrected chi connectivity index (χ0v) is 23.0. The van der Waals surface area contributed by atoms with Gasteiger partial charge in [0.25, 0.3) is 0 Å². The largest absolute Gasteiger partial charge is 0.447 e. The average Bonchev–Trinajstić information content (AvgIpc) is 2.99. The highest BCUT2D eigenvalue weighted by Gasteiger charge is 2.25. The van der Waals surface area contributed by atoms with E-state index in [0.29, 0.717) is 17.1 Å². The molecule has 12 heteroatoms. The highest BCUT2D eigenvalue weighted by Crippen LogP contribution is 2.21. The molecule has 2 heterocycles. The second-order valence-electron chi connectivity index (χ2n) is 9.19. The van der Waals surface area contributed by atoms with Crippen LogP contribution in [-0.4, -0.2) is 57.5 Å². The molecule has 212 valence electrons. The molecule has 0 aliphatic heterocycles. The molecule has 0 saturated carbocycles. The molecule has 0 fully saturated rings. The Morgan fingerprint density at radius 2 is 1.85 bits per heavy atom. The van der Waals surface area contributed by atoms with E-state index in [-0.39, 0.29) is 49.3 Å². The first kappa shape index (κ1) is 29.3. The number of fused-ring (bicyclic) bond motifs is 1. The predicted octanol–water partition coefficient (Wildman–Crippen LogP) is 4.53. The highest BCUT2D eigenvalue weighted by atomic mass is 35.5. The summed E-state index contributed by atoms with van der Waals surface area (Å²) in [4.78, 5) is 52.0. The van der Waals surface area contributed by atoms with Crippen molar-refractivity contribution in [3.63, 3.8) is 0 Å². The summed E-state index contributed by atoms with van der Waals surface area (Å²) in [5.74, 6) is -0.989. The molecule has 0 unspecified atom stereocenters. The summed E-state index contributed by atoms with van der Waals surface area (Å²) in [6.07, 6.45) is 5.46. The van der Waals surface area contributed by atoms with Gasteiger partial charge in [-0.05, 0) is 29.5 Å². The van der Waals surface area contributed by atoms with E-state index in [4.69, 9.17) is 16.3 Å². The van der Waals surface area contributed by atoms with Crippen molar-refractivity contribution >= 4 is 46.1 Å². The number of nitrogens with one attached hydrogen (secondary N) is 2. The summed E-state index contributed by atoms with van der Waals surface area (Å²) in [7, 11) is 1.52. The van der Waals surface area contributed by atoms with Crippen LogP contribution in [0.2, 0.25) is 5.02 Å². The fourth-order valence-electron chi connectivity index (χ4n) is 4.03. The smallest absolute Gasteiger partial charge is 0.412 e. The number of hydrogen-bond acceptors (Lipinski definition) is 7. The third-order valence-corrected chi connectivity index (χ3v) is 6.78. The summed E-state index contributed by atoms with van der Waals surface area (Å²) in [6, 6.07) is 12.9. The standard InChI is InChI=1S/C29H28ClFN6O4/c1-37(27(39)10-9-19-7-4-8-24(31)28(19)30)23(14-26(38)35-17-22-16-32-11-12-33-22)18-41-29(40)36-25-13-20-5-2-3-6-21(20)15-34-25/h2-8,11-13,15-16,23H,9-10,14,17-18H2,1H3,(H,35,38)(H,34,36,40)/t23-/m0/s1. The Hall–Kier alpha value is -4.64. The topological polar surface area (TPSA) is 126 Å². The Kier molecular flexibility index (Phi) is 10.1. The average molecular weight is 579 g/mol. The number of rotatable bonds is 11. The van der Waals surface area contributed by atoms with Gasteiger partial charge in [-0.15, -0.1) is 0 Å². The van der Waals surface area contributed by atoms with Gasteiger partial charge in [0.1, 0.15) is 18.2 Å². The molecule has 4 aromatic rings. The van der Waals surface area contributed by atoms with Crippen molar-refractivity contribution in [1.82, 2.24) is 25.2 Å². The van der Waals surface area contributed by atoms with Crippen molar-refractivity contribution in [2.24, 2.45) is 0 Å². The van der Waals surface area contributed by atoms with Gasteiger partial charge in [0.2, 0.25) is 11.8 Å². The van der Waals surface area contributed by atoms with Crippen molar-refractivity contribution in [2.45, 2.75) is 31.8 Å². The molecule has 0 spiro atoms. The first-order valence-electron chi connectivity index (χ1n) is 12.8. The second-order valence-corrected chi connectivity index (χ2v) is 9.57. The quantitative estimate of drug-likeness (QED) is 0.268. The van der Waals surface area contributed by atoms with Crippen LogP contribution in [0.5, 0.6) is 0 Å². The number of carbonyl (C=O) groups is 3. The molecule has 3 amide bonds. The SMILES string of the molecule is CN(C(=O)CCc1cccc(F)c1Cl)[C@H](COC(=O)Nc1cc2ccccc2cn1)CC(=O)NCc1cnccn1. The van der Waals surface area contributed by atoms with E-state index in [1.165, 1.54) is 42.7 Å². The number of pyridine rings is 1. The first-order valence-corrected chi connectivity index (χ1v) is 13.2. The monoisotopic (exact) mass is 578 g/mol. The van der Waals surface area contributed by atoms with Gasteiger partial charge in [-0.25, -0.2) is 14.2 Å². The maximum absolute atomic E-state index is 13.8. The number of hydrogen-bond donors (Lipinski definition) is 2. The lowest BCUT2D eigenvalue weighted by Gasteiger charge is -2.28. The van der Waals surface area contributed by atoms with Crippen LogP contribution in [0, 0.1) is 5.82 Å². The fraction of sp³-hybridized carbons (Fsp3) is 0.241. The van der Waals surface area contributed by atoms with E-state index in [0.717, 1.165) is 10.8 Å². The van der Waals surface area contributed by atoms with E-state index < -0.39 is 18.0 Å². The lowest BCUT2D eigenvalue weighted by molar-refractivity contribution is -0.134. The predicted molar refractivity (Wildman–Crippen MR) is 151 cm³/mol. The van der Waals surface area contributed by atoms with Gasteiger partial charge in [0.05, 0.1) is 35.9 Å². The Morgan fingerprint density at radius 1 is 1.05 bits per heavy atom. The molecule has 1 atom stereocenters. The van der Waals surface area contributed by atoms with Gasteiger partial charge in [-0.2, -0.15) is 0 Å². The summed E-state index contributed by atoms with van der Waals surface area (Å²) in [5, 5.41) is 7.08. The van der Waals surface area contributed by atoms with Crippen LogP contribution in [0.3, 0.4) is 0 Å². The Bertz CT molecular complexity index is 1520. The summed E-state index contributed by atoms with van der Waals surface area (Å²) in [6.45, 7) is -0.120. The zero-order chi connectivity index (χ0) is 29.2. The minimum Gasteiger partial charge on any atom is -0.447 e. The van der Waals surface area contributed by atoms with Crippen molar-refractivity contribution in [3.8, 4) is 0 Å². The van der Waals surface area contributed by atoms with Gasteiger partial charge in [0.15, 0.2) is 0 Å². The molecule has 41 heavy (non-hydrogen) atoms. The third kappa shape index (κ3) is 8.42. The number of ether oxygens (including phenoxy) is 1. The molecule has 0 radical (unpaired) electrons. The number of amides is 3. The van der Waals surface area contributed by atoms with Crippen LogP contribution in [0.15, 0.2) is 73.3 Å². The number of nitrogens with zero attached hydrogens (tertiary/aromatic N) is 4. The molecular formula is C29H28ClFN6O4. The summed E-state index contributed by atoms with van der Waals surface area (Å²) < 4.78 is 19.2. The van der Waals surface area contributed by atoms with Crippen molar-refractivity contribution < 1.29 is 23.5 Å². The maximum atomic E-state index is 13.8. The Morgan fingerprint density at radius 3 is 2.63 bits per heavy atom. The Balaban J connectivity index is 1.38. The lowest BCUT2D eigenvalue weighted by atomic mass is 10.1.